The predicted octanol–water partition coefficient (Wildman–Crippen LogP) is 30.2. The van der Waals surface area contributed by atoms with Gasteiger partial charge in [-0.2, -0.15) is 10.5 Å². The van der Waals surface area contributed by atoms with E-state index in [0.717, 1.165) is 59.8 Å². The molecule has 97 heavy (non-hydrogen) atoms. The van der Waals surface area contributed by atoms with Crippen LogP contribution in [0.3, 0.4) is 0 Å². The van der Waals surface area contributed by atoms with E-state index in [-0.39, 0.29) is 0 Å². The smallest absolute Gasteiger partial charge is 0.127 e. The molecular weight excluding hydrogens is 1190 g/mol. The number of unbranched alkanes of at least 4 members (excludes halogenated alkanes) is 60. The third-order valence-electron chi connectivity index (χ3n) is 20.3. The Hall–Kier alpha value is -3.84. The predicted molar refractivity (Wildman–Crippen MR) is 422 cm³/mol. The van der Waals surface area contributed by atoms with Crippen molar-refractivity contribution in [1.82, 2.24) is 4.90 Å². The summed E-state index contributed by atoms with van der Waals surface area (Å²) in [5.74, 6) is 3.21. The summed E-state index contributed by atoms with van der Waals surface area (Å²) in [6, 6.07) is 17.2. The first-order valence-corrected chi connectivity index (χ1v) is 43.1. The highest BCUT2D eigenvalue weighted by Gasteiger charge is 2.16. The minimum absolute atomic E-state index is 0.327. The fraction of sp³-hybridized carbons (Fsp3) is 0.822. The van der Waals surface area contributed by atoms with Crippen molar-refractivity contribution in [2.24, 2.45) is 0 Å². The van der Waals surface area contributed by atoms with Crippen molar-refractivity contribution in [3.8, 4) is 35.1 Å². The lowest BCUT2D eigenvalue weighted by Gasteiger charge is -2.25. The molecule has 0 aliphatic heterocycles. The van der Waals surface area contributed by atoms with Crippen molar-refractivity contribution < 1.29 is 18.9 Å². The number of ether oxygens (including phenoxy) is 4. The highest BCUT2D eigenvalue weighted by Crippen LogP contribution is 2.30. The first-order chi connectivity index (χ1) is 48.1. The van der Waals surface area contributed by atoms with Crippen molar-refractivity contribution in [2.75, 3.05) is 26.4 Å². The van der Waals surface area contributed by atoms with Crippen molar-refractivity contribution in [3.63, 3.8) is 0 Å². The van der Waals surface area contributed by atoms with Crippen LogP contribution in [0.1, 0.15) is 450 Å². The van der Waals surface area contributed by atoms with Gasteiger partial charge in [-0.05, 0) is 61.1 Å². The van der Waals surface area contributed by atoms with Gasteiger partial charge in [0, 0.05) is 25.2 Å². The monoisotopic (exact) mass is 1350 g/mol. The zero-order valence-corrected chi connectivity index (χ0v) is 65.0. The first kappa shape index (κ1) is 89.2. The molecule has 0 aliphatic carbocycles. The van der Waals surface area contributed by atoms with Crippen LogP contribution < -0.4 is 18.9 Å². The fourth-order valence-electron chi connectivity index (χ4n) is 14.1. The molecule has 2 rings (SSSR count). The Morgan fingerprint density at radius 3 is 0.577 bits per heavy atom. The maximum atomic E-state index is 10.7. The summed E-state index contributed by atoms with van der Waals surface area (Å²) in [7, 11) is 0. The third kappa shape index (κ3) is 58.5. The van der Waals surface area contributed by atoms with E-state index in [4.69, 9.17) is 18.9 Å². The summed E-state index contributed by atoms with van der Waals surface area (Å²) in [5, 5.41) is 20.7. The lowest BCUT2D eigenvalue weighted by atomic mass is 10.0. The van der Waals surface area contributed by atoms with Crippen LogP contribution in [0.5, 0.6) is 23.0 Å². The molecule has 0 heterocycles. The lowest BCUT2D eigenvalue weighted by molar-refractivity contribution is 0.285. The molecule has 0 bridgehead atoms. The number of allylic oxidation sites excluding steroid dienone is 2. The Morgan fingerprint density at radius 2 is 0.423 bits per heavy atom. The Bertz CT molecular complexity index is 1850. The van der Waals surface area contributed by atoms with Gasteiger partial charge in [0.2, 0.25) is 0 Å². The second kappa shape index (κ2) is 72.0. The summed E-state index contributed by atoms with van der Waals surface area (Å²) in [6.07, 6.45) is 87.3. The summed E-state index contributed by atoms with van der Waals surface area (Å²) in [4.78, 5) is 2.02. The van der Waals surface area contributed by atoms with Crippen molar-refractivity contribution >= 4 is 0 Å². The molecule has 2 aromatic rings. The number of nitriles is 2. The SMILES string of the molecule is CCCCCCCCCCCCCCCCCCOc1cc(CN(Cc2cc(OCCCCCCCCCCCCCCCCCC)cc(OCCCCCCCCCCCCCCCCCC)c2)/C(C#N)=C/C#N)cc(OCCCCCCCCCCCCCCCCCC)c1. The Labute approximate surface area is 603 Å². The highest BCUT2D eigenvalue weighted by atomic mass is 16.5. The molecule has 0 fully saturated rings. The number of hydrogen-bond acceptors (Lipinski definition) is 7. The highest BCUT2D eigenvalue weighted by molar-refractivity contribution is 5.41. The van der Waals surface area contributed by atoms with Gasteiger partial charge in [-0.1, -0.05) is 413 Å². The van der Waals surface area contributed by atoms with Crippen LogP contribution in [0.2, 0.25) is 0 Å². The van der Waals surface area contributed by atoms with Crippen molar-refractivity contribution in [2.45, 2.75) is 452 Å². The van der Waals surface area contributed by atoms with Gasteiger partial charge in [0.15, 0.2) is 0 Å². The molecule has 0 atom stereocenters. The number of hydrogen-bond donors (Lipinski definition) is 0. The topological polar surface area (TPSA) is 87.7 Å². The summed E-state index contributed by atoms with van der Waals surface area (Å²) < 4.78 is 26.3. The van der Waals surface area contributed by atoms with Gasteiger partial charge in [0.05, 0.1) is 38.6 Å². The Morgan fingerprint density at radius 1 is 0.258 bits per heavy atom. The van der Waals surface area contributed by atoms with Gasteiger partial charge in [-0.25, -0.2) is 0 Å². The second-order valence-electron chi connectivity index (χ2n) is 29.9. The largest absolute Gasteiger partial charge is 0.493 e. The minimum atomic E-state index is 0.327. The molecule has 558 valence electrons. The number of benzene rings is 2. The average Bonchev–Trinajstić information content (AvgIpc) is 1.47. The van der Waals surface area contributed by atoms with E-state index in [9.17, 15) is 10.5 Å². The van der Waals surface area contributed by atoms with Gasteiger partial charge in [0.1, 0.15) is 34.8 Å². The molecule has 7 nitrogen and oxygen atoms in total. The van der Waals surface area contributed by atoms with Crippen molar-refractivity contribution in [3.05, 3.63) is 59.3 Å². The lowest BCUT2D eigenvalue weighted by Crippen LogP contribution is -2.22. The first-order valence-electron chi connectivity index (χ1n) is 43.1. The molecule has 0 radical (unpaired) electrons. The maximum absolute atomic E-state index is 10.7. The normalized spacial score (nSPS) is 11.5. The summed E-state index contributed by atoms with van der Waals surface area (Å²) >= 11 is 0. The molecule has 0 N–H and O–H groups in total. The molecule has 0 unspecified atom stereocenters. The molecule has 0 saturated heterocycles. The molecule has 0 aromatic heterocycles. The fourth-order valence-corrected chi connectivity index (χ4v) is 14.1. The zero-order chi connectivity index (χ0) is 69.3. The van der Waals surface area contributed by atoms with Crippen molar-refractivity contribution in [1.29, 1.82) is 10.5 Å². The minimum Gasteiger partial charge on any atom is -0.493 e. The van der Waals surface area contributed by atoms with E-state index in [2.05, 4.69) is 76.2 Å². The number of rotatable bonds is 77. The summed E-state index contributed by atoms with van der Waals surface area (Å²) in [5.41, 5.74) is 2.30. The van der Waals surface area contributed by atoms with Gasteiger partial charge in [0.25, 0.3) is 0 Å². The summed E-state index contributed by atoms with van der Waals surface area (Å²) in [6.45, 7) is 12.7. The molecule has 2 aromatic carbocycles. The molecule has 0 amide bonds. The van der Waals surface area contributed by atoms with Gasteiger partial charge >= 0.3 is 0 Å². The molecule has 0 aliphatic rings. The van der Waals surface area contributed by atoms with Gasteiger partial charge in [-0.15, -0.1) is 0 Å². The van der Waals surface area contributed by atoms with E-state index >= 15 is 0 Å². The molecular formula is C90H159N3O4. The third-order valence-corrected chi connectivity index (χ3v) is 20.3. The average molecular weight is 1350 g/mol. The van der Waals surface area contributed by atoms with Crippen LogP contribution in [0.15, 0.2) is 48.2 Å². The second-order valence-corrected chi connectivity index (χ2v) is 29.9. The van der Waals surface area contributed by atoms with E-state index < -0.39 is 0 Å². The zero-order valence-electron chi connectivity index (χ0n) is 65.0. The van der Waals surface area contributed by atoms with Crippen LogP contribution in [-0.4, -0.2) is 31.3 Å². The van der Waals surface area contributed by atoms with Crippen LogP contribution in [0, 0.1) is 22.7 Å². The molecule has 7 heteroatoms. The Kier molecular flexibility index (Phi) is 66.2. The van der Waals surface area contributed by atoms with Crippen LogP contribution in [0.4, 0.5) is 0 Å². The molecule has 0 spiro atoms. The quantitative estimate of drug-likeness (QED) is 0.0482. The number of nitrogens with zero attached hydrogens (tertiary/aromatic N) is 3. The van der Waals surface area contributed by atoms with Crippen LogP contribution in [0.25, 0.3) is 0 Å². The van der Waals surface area contributed by atoms with Gasteiger partial charge in [-0.3, -0.25) is 0 Å². The van der Waals surface area contributed by atoms with E-state index in [1.54, 1.807) is 0 Å². The Balaban J connectivity index is 2.10. The standard InChI is InChI=1S/C90H159N3O4/c1-5-9-13-17-21-25-29-33-37-41-45-49-53-57-61-65-71-94-87-75-84(76-88(79-87)95-72-66-62-58-54-50-46-42-38-34-30-26-22-18-14-10-6-2)82-93(86(81-92)69-70-91)83-85-77-89(96-73-67-63-59-55-51-47-43-39-35-31-27-23-19-15-11-7-3)80-90(78-85)97-74-68-64-60-56-52-48-44-40-36-32-28-24-20-16-12-8-4/h69,75-80H,5-68,71-74,82-83H2,1-4H3/b86-69+. The van der Waals surface area contributed by atoms with E-state index in [0.29, 0.717) is 45.2 Å². The van der Waals surface area contributed by atoms with Gasteiger partial charge < -0.3 is 23.8 Å². The van der Waals surface area contributed by atoms with E-state index in [1.165, 1.54) is 391 Å². The van der Waals surface area contributed by atoms with E-state index in [1.807, 2.05) is 4.90 Å². The molecule has 0 saturated carbocycles. The van der Waals surface area contributed by atoms with Crippen LogP contribution in [-0.2, 0) is 13.1 Å². The van der Waals surface area contributed by atoms with Crippen LogP contribution >= 0.6 is 0 Å². The maximum Gasteiger partial charge on any atom is 0.127 e.